The summed E-state index contributed by atoms with van der Waals surface area (Å²) in [5.74, 6) is 1.36. The number of benzene rings is 2. The smallest absolute Gasteiger partial charge is 0.262 e. The Labute approximate surface area is 174 Å². The number of carbonyl (C=O) groups excluding carboxylic acids is 1. The summed E-state index contributed by atoms with van der Waals surface area (Å²) in [6.45, 7) is 2.03. The summed E-state index contributed by atoms with van der Waals surface area (Å²) >= 11 is 6.07. The van der Waals surface area contributed by atoms with Gasteiger partial charge in [0.1, 0.15) is 12.4 Å². The third-order valence-corrected chi connectivity index (χ3v) is 4.55. The average Bonchev–Trinajstić information content (AvgIpc) is 2.74. The molecule has 29 heavy (non-hydrogen) atoms. The van der Waals surface area contributed by atoms with Crippen molar-refractivity contribution in [3.8, 4) is 17.2 Å². The SMILES string of the molecule is COc1ccc(NC(=O)COc2cccc(Cl)c2C)cc1OCc1cccnc1. The number of anilines is 1. The summed E-state index contributed by atoms with van der Waals surface area (Å²) in [5, 5.41) is 3.38. The van der Waals surface area contributed by atoms with E-state index in [4.69, 9.17) is 25.8 Å². The van der Waals surface area contributed by atoms with Crippen molar-refractivity contribution >= 4 is 23.2 Å². The normalized spacial score (nSPS) is 10.3. The number of ether oxygens (including phenoxy) is 3. The maximum absolute atomic E-state index is 12.3. The zero-order valence-electron chi connectivity index (χ0n) is 16.1. The van der Waals surface area contributed by atoms with Crippen LogP contribution in [0.5, 0.6) is 17.2 Å². The van der Waals surface area contributed by atoms with Gasteiger partial charge in [-0.2, -0.15) is 0 Å². The number of hydrogen-bond donors (Lipinski definition) is 1. The van der Waals surface area contributed by atoms with E-state index in [9.17, 15) is 4.79 Å². The van der Waals surface area contributed by atoms with Crippen LogP contribution in [0.15, 0.2) is 60.9 Å². The van der Waals surface area contributed by atoms with E-state index in [1.54, 1.807) is 55.9 Å². The zero-order chi connectivity index (χ0) is 20.6. The van der Waals surface area contributed by atoms with Gasteiger partial charge >= 0.3 is 0 Å². The fraction of sp³-hybridized carbons (Fsp3) is 0.182. The molecule has 1 amide bonds. The molecule has 1 aromatic heterocycles. The van der Waals surface area contributed by atoms with Crippen LogP contribution in [0.25, 0.3) is 0 Å². The molecular weight excluding hydrogens is 392 g/mol. The summed E-state index contributed by atoms with van der Waals surface area (Å²) in [7, 11) is 1.56. The lowest BCUT2D eigenvalue weighted by Gasteiger charge is -2.14. The van der Waals surface area contributed by atoms with Crippen molar-refractivity contribution in [2.75, 3.05) is 19.0 Å². The Morgan fingerprint density at radius 3 is 2.69 bits per heavy atom. The second-order valence-corrected chi connectivity index (χ2v) is 6.62. The van der Waals surface area contributed by atoms with Crippen LogP contribution in [-0.4, -0.2) is 24.6 Å². The van der Waals surface area contributed by atoms with Gasteiger partial charge in [0, 0.05) is 40.3 Å². The van der Waals surface area contributed by atoms with Gasteiger partial charge < -0.3 is 19.5 Å². The fourth-order valence-corrected chi connectivity index (χ4v) is 2.76. The molecule has 0 saturated heterocycles. The highest BCUT2D eigenvalue weighted by Gasteiger charge is 2.11. The topological polar surface area (TPSA) is 69.7 Å². The van der Waals surface area contributed by atoms with Crippen molar-refractivity contribution in [3.05, 3.63) is 77.1 Å². The number of nitrogens with one attached hydrogen (secondary N) is 1. The predicted molar refractivity (Wildman–Crippen MR) is 112 cm³/mol. The lowest BCUT2D eigenvalue weighted by molar-refractivity contribution is -0.118. The number of rotatable bonds is 8. The van der Waals surface area contributed by atoms with Crippen molar-refractivity contribution in [1.29, 1.82) is 0 Å². The fourth-order valence-electron chi connectivity index (χ4n) is 2.60. The summed E-state index contributed by atoms with van der Waals surface area (Å²) < 4.78 is 16.7. The Bertz CT molecular complexity index is 980. The maximum Gasteiger partial charge on any atom is 0.262 e. The Morgan fingerprint density at radius 1 is 1.07 bits per heavy atom. The highest BCUT2D eigenvalue weighted by atomic mass is 35.5. The number of halogens is 1. The predicted octanol–water partition coefficient (Wildman–Crippen LogP) is 4.65. The van der Waals surface area contributed by atoms with Crippen LogP contribution in [-0.2, 0) is 11.4 Å². The number of aromatic nitrogens is 1. The molecule has 0 aliphatic heterocycles. The van der Waals surface area contributed by atoms with Gasteiger partial charge in [0.25, 0.3) is 5.91 Å². The lowest BCUT2D eigenvalue weighted by atomic mass is 10.2. The van der Waals surface area contributed by atoms with E-state index in [0.717, 1.165) is 11.1 Å². The number of amides is 1. The number of hydrogen-bond acceptors (Lipinski definition) is 5. The first-order valence-electron chi connectivity index (χ1n) is 8.94. The number of pyridine rings is 1. The second kappa shape index (κ2) is 9.80. The van der Waals surface area contributed by atoms with E-state index in [1.807, 2.05) is 19.1 Å². The van der Waals surface area contributed by atoms with E-state index in [0.29, 0.717) is 34.6 Å². The van der Waals surface area contributed by atoms with Crippen LogP contribution in [0.1, 0.15) is 11.1 Å². The molecule has 0 bridgehead atoms. The highest BCUT2D eigenvalue weighted by Crippen LogP contribution is 2.31. The Balaban J connectivity index is 1.62. The molecule has 0 unspecified atom stereocenters. The van der Waals surface area contributed by atoms with E-state index in [-0.39, 0.29) is 12.5 Å². The van der Waals surface area contributed by atoms with Crippen molar-refractivity contribution in [1.82, 2.24) is 4.98 Å². The Kier molecular flexibility index (Phi) is 6.92. The maximum atomic E-state index is 12.3. The van der Waals surface area contributed by atoms with E-state index in [1.165, 1.54) is 0 Å². The largest absolute Gasteiger partial charge is 0.493 e. The quantitative estimate of drug-likeness (QED) is 0.583. The monoisotopic (exact) mass is 412 g/mol. The van der Waals surface area contributed by atoms with Gasteiger partial charge in [0.15, 0.2) is 18.1 Å². The van der Waals surface area contributed by atoms with Gasteiger partial charge in [-0.1, -0.05) is 23.7 Å². The molecule has 2 aromatic carbocycles. The first-order valence-corrected chi connectivity index (χ1v) is 9.32. The van der Waals surface area contributed by atoms with E-state index >= 15 is 0 Å². The molecule has 1 N–H and O–H groups in total. The molecule has 0 atom stereocenters. The van der Waals surface area contributed by atoms with Crippen LogP contribution in [0, 0.1) is 6.92 Å². The number of carbonyl (C=O) groups is 1. The van der Waals surface area contributed by atoms with Crippen LogP contribution >= 0.6 is 11.6 Å². The summed E-state index contributed by atoms with van der Waals surface area (Å²) in [6.07, 6.45) is 3.43. The van der Waals surface area contributed by atoms with Gasteiger partial charge in [-0.3, -0.25) is 9.78 Å². The minimum absolute atomic E-state index is 0.140. The molecule has 0 spiro atoms. The molecule has 0 radical (unpaired) electrons. The van der Waals surface area contributed by atoms with Crippen LogP contribution < -0.4 is 19.5 Å². The molecule has 7 heteroatoms. The van der Waals surface area contributed by atoms with E-state index < -0.39 is 0 Å². The van der Waals surface area contributed by atoms with Crippen molar-refractivity contribution in [2.45, 2.75) is 13.5 Å². The van der Waals surface area contributed by atoms with Crippen molar-refractivity contribution < 1.29 is 19.0 Å². The molecule has 0 aliphatic rings. The average molecular weight is 413 g/mol. The van der Waals surface area contributed by atoms with Gasteiger partial charge in [0.2, 0.25) is 0 Å². The minimum Gasteiger partial charge on any atom is -0.493 e. The molecule has 1 heterocycles. The number of methoxy groups -OCH3 is 1. The summed E-state index contributed by atoms with van der Waals surface area (Å²) in [6, 6.07) is 14.2. The van der Waals surface area contributed by atoms with Gasteiger partial charge in [-0.25, -0.2) is 0 Å². The van der Waals surface area contributed by atoms with Crippen LogP contribution in [0.3, 0.4) is 0 Å². The van der Waals surface area contributed by atoms with E-state index in [2.05, 4.69) is 10.3 Å². The molecule has 6 nitrogen and oxygen atoms in total. The second-order valence-electron chi connectivity index (χ2n) is 6.22. The third kappa shape index (κ3) is 5.62. The van der Waals surface area contributed by atoms with Gasteiger partial charge in [-0.05, 0) is 37.3 Å². The zero-order valence-corrected chi connectivity index (χ0v) is 16.9. The molecular formula is C22H21ClN2O4. The molecule has 150 valence electrons. The van der Waals surface area contributed by atoms with Crippen LogP contribution in [0.4, 0.5) is 5.69 Å². The highest BCUT2D eigenvalue weighted by molar-refractivity contribution is 6.31. The number of nitrogens with zero attached hydrogens (tertiary/aromatic N) is 1. The first kappa shape index (κ1) is 20.5. The molecule has 3 rings (SSSR count). The molecule has 0 aliphatic carbocycles. The van der Waals surface area contributed by atoms with Crippen molar-refractivity contribution in [2.24, 2.45) is 0 Å². The Hall–Kier alpha value is -3.25. The summed E-state index contributed by atoms with van der Waals surface area (Å²) in [4.78, 5) is 16.3. The standard InChI is InChI=1S/C22H21ClN2O4/c1-15-18(23)6-3-7-19(15)29-14-22(26)25-17-8-9-20(27-2)21(11-17)28-13-16-5-4-10-24-12-16/h3-12H,13-14H2,1-2H3,(H,25,26). The van der Waals surface area contributed by atoms with Crippen molar-refractivity contribution in [3.63, 3.8) is 0 Å². The van der Waals surface area contributed by atoms with Gasteiger partial charge in [0.05, 0.1) is 7.11 Å². The lowest BCUT2D eigenvalue weighted by Crippen LogP contribution is -2.20. The molecule has 3 aromatic rings. The minimum atomic E-state index is -0.298. The summed E-state index contributed by atoms with van der Waals surface area (Å²) in [5.41, 5.74) is 2.29. The first-order chi connectivity index (χ1) is 14.1. The third-order valence-electron chi connectivity index (χ3n) is 4.14. The van der Waals surface area contributed by atoms with Crippen LogP contribution in [0.2, 0.25) is 5.02 Å². The van der Waals surface area contributed by atoms with Gasteiger partial charge in [-0.15, -0.1) is 0 Å². The molecule has 0 saturated carbocycles. The molecule has 0 fully saturated rings. The Morgan fingerprint density at radius 2 is 1.93 bits per heavy atom.